The van der Waals surface area contributed by atoms with Crippen molar-refractivity contribution in [2.24, 2.45) is 17.3 Å². The number of carbonyl (C=O) groups excluding carboxylic acids is 2. The van der Waals surface area contributed by atoms with Crippen molar-refractivity contribution in [3.63, 3.8) is 0 Å². The van der Waals surface area contributed by atoms with Gasteiger partial charge in [-0.15, -0.1) is 0 Å². The van der Waals surface area contributed by atoms with Crippen LogP contribution < -0.4 is 5.32 Å². The molecule has 3 fully saturated rings. The van der Waals surface area contributed by atoms with E-state index in [1.807, 2.05) is 9.80 Å². The quantitative estimate of drug-likeness (QED) is 0.811. The number of urea groups is 1. The zero-order chi connectivity index (χ0) is 16.8. The molecule has 1 aliphatic carbocycles. The Labute approximate surface area is 139 Å². The fourth-order valence-corrected chi connectivity index (χ4v) is 4.25. The number of hydrogen-bond acceptors (Lipinski definition) is 2. The molecule has 0 aromatic rings. The summed E-state index contributed by atoms with van der Waals surface area (Å²) in [5.41, 5.74) is 1.37. The zero-order valence-corrected chi connectivity index (χ0v) is 14.8. The molecule has 1 N–H and O–H groups in total. The largest absolute Gasteiger partial charge is 0.342 e. The molecular formula is C18H29N3O2. The molecule has 2 aliphatic heterocycles. The second-order valence-electron chi connectivity index (χ2n) is 8.05. The van der Waals surface area contributed by atoms with Crippen molar-refractivity contribution in [3.8, 4) is 0 Å². The van der Waals surface area contributed by atoms with Crippen LogP contribution in [0.15, 0.2) is 11.6 Å². The highest BCUT2D eigenvalue weighted by Gasteiger charge is 2.61. The lowest BCUT2D eigenvalue weighted by Crippen LogP contribution is -2.48. The van der Waals surface area contributed by atoms with E-state index in [4.69, 9.17) is 0 Å². The van der Waals surface area contributed by atoms with Crippen molar-refractivity contribution in [1.29, 1.82) is 0 Å². The van der Waals surface area contributed by atoms with Crippen LogP contribution in [-0.2, 0) is 4.79 Å². The van der Waals surface area contributed by atoms with Crippen LogP contribution in [0.1, 0.15) is 40.5 Å². The van der Waals surface area contributed by atoms with Gasteiger partial charge in [-0.25, -0.2) is 4.79 Å². The third kappa shape index (κ3) is 2.98. The first-order chi connectivity index (χ1) is 10.8. The number of nitrogens with zero attached hydrogens (tertiary/aromatic N) is 2. The summed E-state index contributed by atoms with van der Waals surface area (Å²) in [5.74, 6) is 0.813. The normalized spacial score (nSPS) is 30.2. The molecule has 23 heavy (non-hydrogen) atoms. The highest BCUT2D eigenvalue weighted by molar-refractivity contribution is 5.84. The van der Waals surface area contributed by atoms with Gasteiger partial charge in [-0.3, -0.25) is 4.79 Å². The molecule has 2 atom stereocenters. The fourth-order valence-electron chi connectivity index (χ4n) is 4.25. The summed E-state index contributed by atoms with van der Waals surface area (Å²) >= 11 is 0. The van der Waals surface area contributed by atoms with Crippen LogP contribution in [0.5, 0.6) is 0 Å². The number of likely N-dealkylation sites (tertiary alicyclic amines) is 1. The van der Waals surface area contributed by atoms with Crippen LogP contribution >= 0.6 is 0 Å². The third-order valence-corrected chi connectivity index (χ3v) is 5.80. The third-order valence-electron chi connectivity index (χ3n) is 5.80. The Morgan fingerprint density at radius 2 is 1.87 bits per heavy atom. The predicted molar refractivity (Wildman–Crippen MR) is 89.9 cm³/mol. The Morgan fingerprint density at radius 1 is 1.22 bits per heavy atom. The van der Waals surface area contributed by atoms with Crippen molar-refractivity contribution in [2.45, 2.75) is 46.6 Å². The molecule has 5 heteroatoms. The van der Waals surface area contributed by atoms with E-state index in [0.717, 1.165) is 39.0 Å². The molecule has 1 saturated carbocycles. The molecule has 0 bridgehead atoms. The van der Waals surface area contributed by atoms with Crippen LogP contribution in [0.2, 0.25) is 0 Å². The van der Waals surface area contributed by atoms with E-state index in [9.17, 15) is 9.59 Å². The van der Waals surface area contributed by atoms with Gasteiger partial charge in [-0.1, -0.05) is 25.5 Å². The zero-order valence-electron chi connectivity index (χ0n) is 14.8. The number of hydrogen-bond donors (Lipinski definition) is 1. The van der Waals surface area contributed by atoms with Crippen LogP contribution in [0.3, 0.4) is 0 Å². The van der Waals surface area contributed by atoms with E-state index >= 15 is 0 Å². The Kier molecular flexibility index (Phi) is 4.15. The van der Waals surface area contributed by atoms with Crippen LogP contribution in [-0.4, -0.2) is 54.0 Å². The summed E-state index contributed by atoms with van der Waals surface area (Å²) < 4.78 is 0. The Hall–Kier alpha value is -1.52. The summed E-state index contributed by atoms with van der Waals surface area (Å²) in [5, 5.41) is 2.86. The first-order valence-corrected chi connectivity index (χ1v) is 8.80. The number of nitrogens with one attached hydrogen (secondary N) is 1. The minimum absolute atomic E-state index is 0.0572. The second kappa shape index (κ2) is 5.84. The molecule has 3 amide bonds. The monoisotopic (exact) mass is 319 g/mol. The summed E-state index contributed by atoms with van der Waals surface area (Å²) in [7, 11) is 0. The molecule has 2 saturated heterocycles. The number of carbonyl (C=O) groups is 2. The van der Waals surface area contributed by atoms with Gasteiger partial charge in [0.25, 0.3) is 0 Å². The van der Waals surface area contributed by atoms with Gasteiger partial charge < -0.3 is 15.1 Å². The first kappa shape index (κ1) is 16.3. The van der Waals surface area contributed by atoms with Gasteiger partial charge in [-0.2, -0.15) is 0 Å². The molecule has 3 rings (SSSR count). The van der Waals surface area contributed by atoms with E-state index in [-0.39, 0.29) is 17.4 Å². The summed E-state index contributed by atoms with van der Waals surface area (Å²) in [4.78, 5) is 28.6. The highest BCUT2D eigenvalue weighted by Crippen LogP contribution is 2.60. The average Bonchev–Trinajstić information content (AvgIpc) is 2.83. The van der Waals surface area contributed by atoms with Gasteiger partial charge in [0.1, 0.15) is 0 Å². The molecule has 3 aliphatic rings. The first-order valence-electron chi connectivity index (χ1n) is 8.80. The van der Waals surface area contributed by atoms with Crippen molar-refractivity contribution >= 4 is 11.9 Å². The molecule has 5 nitrogen and oxygen atoms in total. The maximum atomic E-state index is 12.9. The Bertz CT molecular complexity index is 528. The summed E-state index contributed by atoms with van der Waals surface area (Å²) in [6, 6.07) is 0.351. The number of allylic oxidation sites excluding steroid dienone is 2. The highest BCUT2D eigenvalue weighted by atomic mass is 16.2. The van der Waals surface area contributed by atoms with Crippen molar-refractivity contribution in [1.82, 2.24) is 15.1 Å². The van der Waals surface area contributed by atoms with Gasteiger partial charge >= 0.3 is 6.03 Å². The molecule has 0 spiro atoms. The number of rotatable bonds is 3. The van der Waals surface area contributed by atoms with Gasteiger partial charge in [-0.05, 0) is 38.0 Å². The molecular weight excluding hydrogens is 290 g/mol. The van der Waals surface area contributed by atoms with E-state index in [1.165, 1.54) is 5.57 Å². The van der Waals surface area contributed by atoms with Gasteiger partial charge in [0, 0.05) is 32.2 Å². The van der Waals surface area contributed by atoms with E-state index in [1.54, 1.807) is 0 Å². The molecule has 128 valence electrons. The van der Waals surface area contributed by atoms with Crippen molar-refractivity contribution in [3.05, 3.63) is 11.6 Å². The van der Waals surface area contributed by atoms with Crippen LogP contribution in [0, 0.1) is 17.3 Å². The van der Waals surface area contributed by atoms with Gasteiger partial charge in [0.2, 0.25) is 5.91 Å². The Balaban J connectivity index is 1.57. The predicted octanol–water partition coefficient (Wildman–Crippen LogP) is 2.24. The number of amides is 3. The SMILES string of the molecule is CC(C)=C[C@H]1[C@@H](C(=O)N2CCC(N3CCNC3=O)CC2)C1(C)C. The minimum Gasteiger partial charge on any atom is -0.342 e. The molecule has 0 unspecified atom stereocenters. The minimum atomic E-state index is 0.0572. The standard InChI is InChI=1S/C18H29N3O2/c1-12(2)11-14-15(18(14,3)4)16(22)20-8-5-13(6-9-20)21-10-7-19-17(21)23/h11,13-15H,5-10H2,1-4H3,(H,19,23)/t14-,15-/m0/s1. The second-order valence-corrected chi connectivity index (χ2v) is 8.05. The number of piperidine rings is 1. The summed E-state index contributed by atoms with van der Waals surface area (Å²) in [6.07, 6.45) is 4.06. The topological polar surface area (TPSA) is 52.7 Å². The Morgan fingerprint density at radius 3 is 2.39 bits per heavy atom. The van der Waals surface area contributed by atoms with E-state index < -0.39 is 0 Å². The average molecular weight is 319 g/mol. The van der Waals surface area contributed by atoms with Gasteiger partial charge in [0.05, 0.1) is 5.92 Å². The van der Waals surface area contributed by atoms with Crippen molar-refractivity contribution < 1.29 is 9.59 Å². The van der Waals surface area contributed by atoms with Crippen LogP contribution in [0.4, 0.5) is 4.79 Å². The molecule has 0 radical (unpaired) electrons. The lowest BCUT2D eigenvalue weighted by molar-refractivity contribution is -0.134. The summed E-state index contributed by atoms with van der Waals surface area (Å²) in [6.45, 7) is 11.7. The maximum absolute atomic E-state index is 12.9. The fraction of sp³-hybridized carbons (Fsp3) is 0.778. The molecule has 2 heterocycles. The van der Waals surface area contributed by atoms with Gasteiger partial charge in [0.15, 0.2) is 0 Å². The molecule has 0 aromatic carbocycles. The smallest absolute Gasteiger partial charge is 0.317 e. The lowest BCUT2D eigenvalue weighted by atomic mass is 10.0. The molecule has 0 aromatic heterocycles. The lowest BCUT2D eigenvalue weighted by Gasteiger charge is -2.36. The van der Waals surface area contributed by atoms with E-state index in [2.05, 4.69) is 39.1 Å². The van der Waals surface area contributed by atoms with Crippen LogP contribution in [0.25, 0.3) is 0 Å². The van der Waals surface area contributed by atoms with E-state index in [0.29, 0.717) is 17.9 Å². The van der Waals surface area contributed by atoms with Crippen molar-refractivity contribution in [2.75, 3.05) is 26.2 Å². The maximum Gasteiger partial charge on any atom is 0.317 e.